The molecular weight excluding hydrogens is 252 g/mol. The van der Waals surface area contributed by atoms with Gasteiger partial charge in [-0.3, -0.25) is 4.79 Å². The quantitative estimate of drug-likeness (QED) is 0.803. The van der Waals surface area contributed by atoms with Gasteiger partial charge in [-0.05, 0) is 24.6 Å². The van der Waals surface area contributed by atoms with Gasteiger partial charge in [0.2, 0.25) is 5.91 Å². The van der Waals surface area contributed by atoms with E-state index in [1.54, 1.807) is 11.3 Å². The number of thiocarbonyl (C=S) groups is 1. The van der Waals surface area contributed by atoms with Crippen molar-refractivity contribution in [1.82, 2.24) is 10.3 Å². The number of rotatable bonds is 1. The Morgan fingerprint density at radius 1 is 1.53 bits per heavy atom. The lowest BCUT2D eigenvalue weighted by Crippen LogP contribution is -2.19. The van der Waals surface area contributed by atoms with E-state index in [4.69, 9.17) is 12.2 Å². The van der Waals surface area contributed by atoms with Crippen LogP contribution in [0.4, 0.5) is 0 Å². The van der Waals surface area contributed by atoms with Crippen LogP contribution in [-0.2, 0) is 4.79 Å². The molecule has 2 aromatic rings. The number of thiazole rings is 1. The molecule has 2 heterocycles. The Bertz CT molecular complexity index is 632. The van der Waals surface area contributed by atoms with Gasteiger partial charge in [-0.25, -0.2) is 4.98 Å². The Morgan fingerprint density at radius 2 is 2.35 bits per heavy atom. The molecule has 0 aliphatic carbocycles. The van der Waals surface area contributed by atoms with E-state index in [1.807, 2.05) is 6.92 Å². The fraction of sp³-hybridized carbons (Fsp3) is 0.250. The number of carbonyl (C=O) groups is 1. The molecule has 1 amide bonds. The fourth-order valence-corrected chi connectivity index (χ4v) is 3.40. The zero-order valence-corrected chi connectivity index (χ0v) is 10.8. The van der Waals surface area contributed by atoms with Gasteiger partial charge in [0.15, 0.2) is 0 Å². The number of hydrogen-bond donors (Lipinski definition) is 1. The molecule has 5 heteroatoms. The predicted octanol–water partition coefficient (Wildman–Crippen LogP) is 2.54. The highest BCUT2D eigenvalue weighted by Crippen LogP contribution is 2.32. The lowest BCUT2D eigenvalue weighted by molar-refractivity contribution is -0.118. The van der Waals surface area contributed by atoms with Crippen molar-refractivity contribution in [2.24, 2.45) is 0 Å². The monoisotopic (exact) mass is 262 g/mol. The number of amides is 1. The van der Waals surface area contributed by atoms with Crippen LogP contribution in [0.25, 0.3) is 10.2 Å². The molecule has 3 rings (SSSR count). The molecule has 17 heavy (non-hydrogen) atoms. The summed E-state index contributed by atoms with van der Waals surface area (Å²) in [6.07, 6.45) is 0.428. The van der Waals surface area contributed by atoms with E-state index in [1.165, 1.54) is 5.56 Å². The highest BCUT2D eigenvalue weighted by molar-refractivity contribution is 7.80. The minimum absolute atomic E-state index is 0.00423. The number of benzene rings is 1. The van der Waals surface area contributed by atoms with E-state index in [9.17, 15) is 4.79 Å². The van der Waals surface area contributed by atoms with Gasteiger partial charge in [-0.2, -0.15) is 0 Å². The zero-order valence-electron chi connectivity index (χ0n) is 9.19. The Kier molecular flexibility index (Phi) is 2.45. The smallest absolute Gasteiger partial charge is 0.225 e. The number of carbonyl (C=O) groups excluding carboxylic acids is 1. The number of aromatic nitrogens is 1. The summed E-state index contributed by atoms with van der Waals surface area (Å²) in [5.41, 5.74) is 2.18. The Balaban J connectivity index is 2.06. The third-order valence-corrected chi connectivity index (χ3v) is 4.36. The van der Waals surface area contributed by atoms with Gasteiger partial charge in [0.05, 0.1) is 21.1 Å². The lowest BCUT2D eigenvalue weighted by Gasteiger charge is -2.01. The molecule has 1 N–H and O–H groups in total. The number of fused-ring (bicyclic) bond motifs is 1. The molecule has 0 spiro atoms. The van der Waals surface area contributed by atoms with Gasteiger partial charge < -0.3 is 5.32 Å². The van der Waals surface area contributed by atoms with Crippen LogP contribution in [-0.4, -0.2) is 15.9 Å². The molecule has 1 saturated heterocycles. The molecule has 0 bridgehead atoms. The first-order valence-electron chi connectivity index (χ1n) is 5.34. The van der Waals surface area contributed by atoms with Crippen molar-refractivity contribution in [1.29, 1.82) is 0 Å². The van der Waals surface area contributed by atoms with E-state index in [0.29, 0.717) is 11.4 Å². The molecule has 1 aliphatic heterocycles. The lowest BCUT2D eigenvalue weighted by atomic mass is 10.1. The van der Waals surface area contributed by atoms with Crippen LogP contribution in [0.3, 0.4) is 0 Å². The second-order valence-corrected chi connectivity index (χ2v) is 5.69. The van der Waals surface area contributed by atoms with Crippen LogP contribution in [0, 0.1) is 6.92 Å². The third kappa shape index (κ3) is 1.85. The van der Waals surface area contributed by atoms with Crippen LogP contribution in [0.2, 0.25) is 0 Å². The topological polar surface area (TPSA) is 42.0 Å². The van der Waals surface area contributed by atoms with Gasteiger partial charge in [0, 0.05) is 6.42 Å². The normalized spacial score (nSPS) is 19.9. The molecule has 1 aliphatic rings. The summed E-state index contributed by atoms with van der Waals surface area (Å²) in [5.74, 6) is -0.0364. The largest absolute Gasteiger partial charge is 0.320 e. The summed E-state index contributed by atoms with van der Waals surface area (Å²) in [6, 6.07) is 6.20. The summed E-state index contributed by atoms with van der Waals surface area (Å²) in [5, 5.41) is 3.62. The van der Waals surface area contributed by atoms with E-state index in [2.05, 4.69) is 28.5 Å². The van der Waals surface area contributed by atoms with Gasteiger partial charge in [-0.15, -0.1) is 11.3 Å². The van der Waals surface area contributed by atoms with E-state index in [0.717, 1.165) is 15.2 Å². The Hall–Kier alpha value is -1.33. The summed E-state index contributed by atoms with van der Waals surface area (Å²) >= 11 is 6.78. The molecule has 86 valence electrons. The van der Waals surface area contributed by atoms with Gasteiger partial charge in [0.25, 0.3) is 0 Å². The Morgan fingerprint density at radius 3 is 3.06 bits per heavy atom. The molecule has 1 atom stereocenters. The first-order valence-corrected chi connectivity index (χ1v) is 6.57. The van der Waals surface area contributed by atoms with Gasteiger partial charge in [-0.1, -0.05) is 18.3 Å². The standard InChI is InChI=1S/C12H10N2OS2/c1-6-2-3-9-8(4-6)13-12(17-9)7-5-10(15)14-11(7)16/h2-4,7H,5H2,1H3,(H,14,15,16). The average molecular weight is 262 g/mol. The van der Waals surface area contributed by atoms with Gasteiger partial charge in [0.1, 0.15) is 5.01 Å². The predicted molar refractivity (Wildman–Crippen MR) is 72.5 cm³/mol. The molecular formula is C12H10N2OS2. The van der Waals surface area contributed by atoms with Crippen molar-refractivity contribution >= 4 is 44.7 Å². The second-order valence-electron chi connectivity index (χ2n) is 4.19. The molecule has 3 nitrogen and oxygen atoms in total. The molecule has 0 radical (unpaired) electrons. The summed E-state index contributed by atoms with van der Waals surface area (Å²) in [6.45, 7) is 2.05. The third-order valence-electron chi connectivity index (χ3n) is 2.83. The summed E-state index contributed by atoms with van der Waals surface area (Å²) in [7, 11) is 0. The van der Waals surface area contributed by atoms with Crippen molar-refractivity contribution < 1.29 is 4.79 Å². The molecule has 1 fully saturated rings. The van der Waals surface area contributed by atoms with E-state index >= 15 is 0 Å². The Labute approximate surface area is 108 Å². The number of nitrogens with one attached hydrogen (secondary N) is 1. The number of aryl methyl sites for hydroxylation is 1. The molecule has 1 unspecified atom stereocenters. The maximum atomic E-state index is 11.3. The zero-order chi connectivity index (χ0) is 12.0. The maximum absolute atomic E-state index is 11.3. The van der Waals surface area contributed by atoms with Crippen LogP contribution in [0.5, 0.6) is 0 Å². The van der Waals surface area contributed by atoms with Crippen LogP contribution in [0.15, 0.2) is 18.2 Å². The summed E-state index contributed by atoms with van der Waals surface area (Å²) in [4.78, 5) is 16.5. The van der Waals surface area contributed by atoms with Crippen LogP contribution >= 0.6 is 23.6 Å². The van der Waals surface area contributed by atoms with E-state index < -0.39 is 0 Å². The van der Waals surface area contributed by atoms with Crippen LogP contribution in [0.1, 0.15) is 22.9 Å². The number of nitrogens with zero attached hydrogens (tertiary/aromatic N) is 1. The highest BCUT2D eigenvalue weighted by Gasteiger charge is 2.30. The molecule has 0 saturated carbocycles. The molecule has 1 aromatic carbocycles. The van der Waals surface area contributed by atoms with Crippen molar-refractivity contribution in [2.45, 2.75) is 19.3 Å². The second kappa shape index (κ2) is 3.85. The molecule has 1 aromatic heterocycles. The van der Waals surface area contributed by atoms with Crippen LogP contribution < -0.4 is 5.32 Å². The van der Waals surface area contributed by atoms with E-state index in [-0.39, 0.29) is 11.8 Å². The average Bonchev–Trinajstić information content (AvgIpc) is 2.80. The minimum atomic E-state index is -0.0322. The van der Waals surface area contributed by atoms with Gasteiger partial charge >= 0.3 is 0 Å². The van der Waals surface area contributed by atoms with Crippen molar-refractivity contribution in [2.75, 3.05) is 0 Å². The highest BCUT2D eigenvalue weighted by atomic mass is 32.1. The SMILES string of the molecule is Cc1ccc2sc(C3CC(=O)NC3=S)nc2c1. The minimum Gasteiger partial charge on any atom is -0.320 e. The fourth-order valence-electron chi connectivity index (χ4n) is 1.96. The first-order chi connectivity index (χ1) is 8.13. The van der Waals surface area contributed by atoms with Crippen molar-refractivity contribution in [3.63, 3.8) is 0 Å². The maximum Gasteiger partial charge on any atom is 0.225 e. The van der Waals surface area contributed by atoms with Crippen molar-refractivity contribution in [3.8, 4) is 0 Å². The first kappa shape index (κ1) is 10.8. The van der Waals surface area contributed by atoms with Crippen molar-refractivity contribution in [3.05, 3.63) is 28.8 Å². The summed E-state index contributed by atoms with van der Waals surface area (Å²) < 4.78 is 1.15. The number of hydrogen-bond acceptors (Lipinski definition) is 4.